The van der Waals surface area contributed by atoms with Gasteiger partial charge in [0.2, 0.25) is 10.0 Å². The van der Waals surface area contributed by atoms with Gasteiger partial charge in [-0.25, -0.2) is 8.42 Å². The number of rotatable bonds is 2. The van der Waals surface area contributed by atoms with Crippen molar-refractivity contribution in [2.45, 2.75) is 18.9 Å². The molecule has 0 radical (unpaired) electrons. The molecule has 2 heterocycles. The van der Waals surface area contributed by atoms with Crippen molar-refractivity contribution in [2.75, 3.05) is 12.8 Å². The molecule has 9 heteroatoms. The van der Waals surface area contributed by atoms with Gasteiger partial charge in [0.15, 0.2) is 4.80 Å². The molecular weight excluding hydrogens is 402 g/mol. The second-order valence-corrected chi connectivity index (χ2v) is 9.40. The van der Waals surface area contributed by atoms with Crippen molar-refractivity contribution < 1.29 is 13.2 Å². The van der Waals surface area contributed by atoms with Gasteiger partial charge in [0.05, 0.1) is 16.5 Å². The first-order valence-electron chi connectivity index (χ1n) is 7.08. The first-order valence-corrected chi connectivity index (χ1v) is 10.5. The molecule has 6 nitrogen and oxygen atoms in total. The summed E-state index contributed by atoms with van der Waals surface area (Å²) in [5, 5.41) is 0. The summed E-state index contributed by atoms with van der Waals surface area (Å²) in [7, 11) is -1.54. The average molecular weight is 418 g/mol. The van der Waals surface area contributed by atoms with E-state index in [1.165, 1.54) is 15.6 Å². The van der Waals surface area contributed by atoms with Crippen molar-refractivity contribution in [3.63, 3.8) is 0 Å². The highest BCUT2D eigenvalue weighted by Gasteiger charge is 2.36. The van der Waals surface area contributed by atoms with Crippen LogP contribution in [0.1, 0.15) is 12.8 Å². The molecule has 2 aromatic rings. The Labute approximate surface area is 146 Å². The van der Waals surface area contributed by atoms with E-state index in [1.54, 1.807) is 0 Å². The van der Waals surface area contributed by atoms with Crippen molar-refractivity contribution in [3.05, 3.63) is 27.5 Å². The van der Waals surface area contributed by atoms with Crippen molar-refractivity contribution in [2.24, 2.45) is 12.0 Å². The summed E-state index contributed by atoms with van der Waals surface area (Å²) in [5.41, 5.74) is 0.983. The quantitative estimate of drug-likeness (QED) is 0.748. The SMILES string of the molecule is Cn1c(=NC(=O)C2CCCN2S(C)(=O)=O)sc2cc(Br)ccc21. The van der Waals surface area contributed by atoms with E-state index < -0.39 is 22.0 Å². The largest absolute Gasteiger partial charge is 0.319 e. The number of aromatic nitrogens is 1. The Hall–Kier alpha value is -1.03. The maximum atomic E-state index is 12.5. The summed E-state index contributed by atoms with van der Waals surface area (Å²) < 4.78 is 28.6. The van der Waals surface area contributed by atoms with E-state index in [0.717, 1.165) is 20.9 Å². The highest BCUT2D eigenvalue weighted by Crippen LogP contribution is 2.23. The number of carbonyl (C=O) groups excluding carboxylic acids is 1. The van der Waals surface area contributed by atoms with Crippen LogP contribution in [0.2, 0.25) is 0 Å². The number of nitrogens with zero attached hydrogens (tertiary/aromatic N) is 3. The summed E-state index contributed by atoms with van der Waals surface area (Å²) in [6.45, 7) is 0.385. The lowest BCUT2D eigenvalue weighted by molar-refractivity contribution is -0.121. The van der Waals surface area contributed by atoms with Crippen molar-refractivity contribution >= 4 is 53.4 Å². The summed E-state index contributed by atoms with van der Waals surface area (Å²) >= 11 is 4.84. The Morgan fingerprint density at radius 3 is 2.87 bits per heavy atom. The van der Waals surface area contributed by atoms with Crippen LogP contribution >= 0.6 is 27.3 Å². The van der Waals surface area contributed by atoms with Gasteiger partial charge >= 0.3 is 0 Å². The molecule has 1 aromatic heterocycles. The van der Waals surface area contributed by atoms with Gasteiger partial charge in [-0.2, -0.15) is 9.30 Å². The summed E-state index contributed by atoms with van der Waals surface area (Å²) in [6, 6.07) is 5.19. The van der Waals surface area contributed by atoms with Gasteiger partial charge in [-0.3, -0.25) is 4.79 Å². The number of sulfonamides is 1. The van der Waals surface area contributed by atoms with E-state index >= 15 is 0 Å². The number of thiazole rings is 1. The number of halogens is 1. The third-order valence-corrected chi connectivity index (χ3v) is 6.77. The number of hydrogen-bond acceptors (Lipinski definition) is 4. The second-order valence-electron chi connectivity index (χ2n) is 5.54. The zero-order valence-corrected chi connectivity index (χ0v) is 15.9. The Morgan fingerprint density at radius 1 is 1.43 bits per heavy atom. The lowest BCUT2D eigenvalue weighted by Crippen LogP contribution is -2.39. The zero-order valence-electron chi connectivity index (χ0n) is 12.7. The lowest BCUT2D eigenvalue weighted by Gasteiger charge is -2.18. The molecule has 0 spiro atoms. The molecule has 3 rings (SSSR count). The number of benzene rings is 1. The Balaban J connectivity index is 2.01. The van der Waals surface area contributed by atoms with Gasteiger partial charge in [0.25, 0.3) is 5.91 Å². The van der Waals surface area contributed by atoms with Crippen LogP contribution in [0.5, 0.6) is 0 Å². The van der Waals surface area contributed by atoms with Gasteiger partial charge in [-0.1, -0.05) is 27.3 Å². The van der Waals surface area contributed by atoms with E-state index in [9.17, 15) is 13.2 Å². The van der Waals surface area contributed by atoms with Crippen LogP contribution < -0.4 is 4.80 Å². The predicted molar refractivity (Wildman–Crippen MR) is 93.6 cm³/mol. The minimum absolute atomic E-state index is 0.385. The summed E-state index contributed by atoms with van der Waals surface area (Å²) in [5.74, 6) is -0.394. The lowest BCUT2D eigenvalue weighted by atomic mass is 10.2. The third kappa shape index (κ3) is 3.28. The molecule has 1 unspecified atom stereocenters. The minimum Gasteiger partial charge on any atom is -0.319 e. The van der Waals surface area contributed by atoms with Crippen LogP contribution in [0, 0.1) is 0 Å². The van der Waals surface area contributed by atoms with E-state index in [0.29, 0.717) is 24.2 Å². The molecule has 0 bridgehead atoms. The molecule has 1 saturated heterocycles. The van der Waals surface area contributed by atoms with Crippen LogP contribution in [0.15, 0.2) is 27.7 Å². The van der Waals surface area contributed by atoms with Crippen LogP contribution in [-0.2, 0) is 21.9 Å². The van der Waals surface area contributed by atoms with Crippen molar-refractivity contribution in [3.8, 4) is 0 Å². The monoisotopic (exact) mass is 417 g/mol. The standard InChI is InChI=1S/C14H16BrN3O3S2/c1-17-10-6-5-9(15)8-12(10)22-14(17)16-13(19)11-4-3-7-18(11)23(2,20)21/h5-6,8,11H,3-4,7H2,1-2H3. The fraction of sp³-hybridized carbons (Fsp3) is 0.429. The maximum absolute atomic E-state index is 12.5. The highest BCUT2D eigenvalue weighted by molar-refractivity contribution is 9.10. The Morgan fingerprint density at radius 2 is 2.17 bits per heavy atom. The number of hydrogen-bond donors (Lipinski definition) is 0. The molecule has 0 N–H and O–H groups in total. The van der Waals surface area contributed by atoms with E-state index in [-0.39, 0.29) is 0 Å². The molecule has 1 atom stereocenters. The number of aryl methyl sites for hydroxylation is 1. The van der Waals surface area contributed by atoms with Gasteiger partial charge < -0.3 is 4.57 Å². The molecule has 23 heavy (non-hydrogen) atoms. The normalized spacial score (nSPS) is 20.5. The fourth-order valence-electron chi connectivity index (χ4n) is 2.77. The number of fused-ring (bicyclic) bond motifs is 1. The van der Waals surface area contributed by atoms with E-state index in [2.05, 4.69) is 20.9 Å². The molecule has 1 aliphatic heterocycles. The third-order valence-electron chi connectivity index (χ3n) is 3.89. The van der Waals surface area contributed by atoms with Crippen LogP contribution in [0.4, 0.5) is 0 Å². The first kappa shape index (κ1) is 16.8. The van der Waals surface area contributed by atoms with E-state index in [1.807, 2.05) is 29.8 Å². The topological polar surface area (TPSA) is 71.7 Å². The van der Waals surface area contributed by atoms with E-state index in [4.69, 9.17) is 0 Å². The fourth-order valence-corrected chi connectivity index (χ4v) is 5.46. The predicted octanol–water partition coefficient (Wildman–Crippen LogP) is 1.85. The molecule has 1 aliphatic rings. The molecule has 1 amide bonds. The van der Waals surface area contributed by atoms with Crippen molar-refractivity contribution in [1.29, 1.82) is 0 Å². The summed E-state index contributed by atoms with van der Waals surface area (Å²) in [6.07, 6.45) is 2.34. The van der Waals surface area contributed by atoms with Gasteiger partial charge in [0, 0.05) is 18.1 Å². The second kappa shape index (κ2) is 6.12. The highest BCUT2D eigenvalue weighted by atomic mass is 79.9. The molecule has 0 saturated carbocycles. The smallest absolute Gasteiger partial charge is 0.266 e. The maximum Gasteiger partial charge on any atom is 0.266 e. The average Bonchev–Trinajstić information content (AvgIpc) is 3.04. The molecule has 0 aliphatic carbocycles. The molecule has 124 valence electrons. The Kier molecular flexibility index (Phi) is 4.47. The van der Waals surface area contributed by atoms with Gasteiger partial charge in [0.1, 0.15) is 6.04 Å². The van der Waals surface area contributed by atoms with Crippen LogP contribution in [-0.4, -0.2) is 42.0 Å². The first-order chi connectivity index (χ1) is 10.8. The molecule has 1 fully saturated rings. The van der Waals surface area contributed by atoms with Gasteiger partial charge in [-0.15, -0.1) is 0 Å². The zero-order chi connectivity index (χ0) is 16.8. The number of amides is 1. The summed E-state index contributed by atoms with van der Waals surface area (Å²) in [4.78, 5) is 17.2. The van der Waals surface area contributed by atoms with Gasteiger partial charge in [-0.05, 0) is 31.0 Å². The Bertz CT molecular complexity index is 946. The van der Waals surface area contributed by atoms with Crippen LogP contribution in [0.25, 0.3) is 10.2 Å². The molecular formula is C14H16BrN3O3S2. The van der Waals surface area contributed by atoms with Crippen LogP contribution in [0.3, 0.4) is 0 Å². The minimum atomic E-state index is -3.39. The number of carbonyl (C=O) groups is 1. The molecule has 1 aromatic carbocycles. The van der Waals surface area contributed by atoms with Crippen molar-refractivity contribution in [1.82, 2.24) is 8.87 Å².